The lowest BCUT2D eigenvalue weighted by molar-refractivity contribution is 0.648. The lowest BCUT2D eigenvalue weighted by Gasteiger charge is -2.10. The minimum absolute atomic E-state index is 0.0259. The monoisotopic (exact) mass is 355 g/mol. The van der Waals surface area contributed by atoms with Gasteiger partial charge in [-0.25, -0.2) is 4.98 Å². The van der Waals surface area contributed by atoms with Gasteiger partial charge in [-0.1, -0.05) is 18.2 Å². The molecule has 0 amide bonds. The van der Waals surface area contributed by atoms with E-state index in [2.05, 4.69) is 10.3 Å². The Balaban J connectivity index is 2.03. The van der Waals surface area contributed by atoms with Gasteiger partial charge in [0, 0.05) is 25.0 Å². The van der Waals surface area contributed by atoms with Crippen LogP contribution in [0.15, 0.2) is 41.3 Å². The van der Waals surface area contributed by atoms with E-state index in [1.54, 1.807) is 10.8 Å². The maximum atomic E-state index is 11.9. The summed E-state index contributed by atoms with van der Waals surface area (Å²) in [6, 6.07) is 9.94. The standard InChI is InChI=1S/C13H14IN3O/c1-10-16-9-12(14)13(18)17(10)8-7-15-11-5-3-2-4-6-11/h2-6,9,15H,7-8H2,1H3. The third-order valence-electron chi connectivity index (χ3n) is 2.64. The van der Waals surface area contributed by atoms with Gasteiger partial charge in [0.25, 0.3) is 5.56 Å². The number of aryl methyl sites for hydroxylation is 1. The van der Waals surface area contributed by atoms with Crippen molar-refractivity contribution in [3.8, 4) is 0 Å². The van der Waals surface area contributed by atoms with Gasteiger partial charge in [0.1, 0.15) is 5.82 Å². The highest BCUT2D eigenvalue weighted by Crippen LogP contribution is 2.04. The molecule has 5 heteroatoms. The maximum absolute atomic E-state index is 11.9. The van der Waals surface area contributed by atoms with E-state index in [9.17, 15) is 4.79 Å². The summed E-state index contributed by atoms with van der Waals surface area (Å²) in [5.74, 6) is 0.746. The Bertz CT molecular complexity index is 581. The van der Waals surface area contributed by atoms with Gasteiger partial charge in [-0.3, -0.25) is 9.36 Å². The first-order valence-electron chi connectivity index (χ1n) is 5.69. The fraction of sp³-hybridized carbons (Fsp3) is 0.231. The molecule has 4 nitrogen and oxygen atoms in total. The third-order valence-corrected chi connectivity index (χ3v) is 3.38. The number of rotatable bonds is 4. The highest BCUT2D eigenvalue weighted by atomic mass is 127. The van der Waals surface area contributed by atoms with Crippen molar-refractivity contribution in [2.24, 2.45) is 0 Å². The van der Waals surface area contributed by atoms with E-state index >= 15 is 0 Å². The molecule has 0 saturated heterocycles. The van der Waals surface area contributed by atoms with Gasteiger partial charge in [0.2, 0.25) is 0 Å². The van der Waals surface area contributed by atoms with Gasteiger partial charge >= 0.3 is 0 Å². The lowest BCUT2D eigenvalue weighted by Crippen LogP contribution is -2.28. The summed E-state index contributed by atoms with van der Waals surface area (Å²) >= 11 is 2.01. The van der Waals surface area contributed by atoms with Gasteiger partial charge in [-0.2, -0.15) is 0 Å². The number of para-hydroxylation sites is 1. The molecule has 0 unspecified atom stereocenters. The second kappa shape index (κ2) is 5.99. The van der Waals surface area contributed by atoms with Crippen molar-refractivity contribution in [2.45, 2.75) is 13.5 Å². The van der Waals surface area contributed by atoms with Crippen LogP contribution in [0.3, 0.4) is 0 Å². The Morgan fingerprint density at radius 1 is 1.33 bits per heavy atom. The molecule has 2 aromatic rings. The molecular formula is C13H14IN3O. The Hall–Kier alpha value is -1.37. The number of aromatic nitrogens is 2. The molecule has 0 aliphatic rings. The molecule has 1 aromatic heterocycles. The van der Waals surface area contributed by atoms with Crippen LogP contribution in [0.25, 0.3) is 0 Å². The number of hydrogen-bond acceptors (Lipinski definition) is 3. The predicted octanol–water partition coefficient (Wildman–Crippen LogP) is 2.27. The maximum Gasteiger partial charge on any atom is 0.266 e. The Morgan fingerprint density at radius 3 is 2.78 bits per heavy atom. The van der Waals surface area contributed by atoms with Crippen LogP contribution in [-0.2, 0) is 6.54 Å². The Labute approximate surface area is 119 Å². The second-order valence-corrected chi connectivity index (χ2v) is 5.07. The van der Waals surface area contributed by atoms with Crippen molar-refractivity contribution < 1.29 is 0 Å². The van der Waals surface area contributed by atoms with Crippen molar-refractivity contribution >= 4 is 28.3 Å². The number of anilines is 1. The normalized spacial score (nSPS) is 10.3. The van der Waals surface area contributed by atoms with Gasteiger partial charge < -0.3 is 5.32 Å². The first-order chi connectivity index (χ1) is 8.68. The van der Waals surface area contributed by atoms with E-state index in [1.165, 1.54) is 0 Å². The fourth-order valence-corrected chi connectivity index (χ4v) is 2.11. The van der Waals surface area contributed by atoms with Crippen LogP contribution in [0.1, 0.15) is 5.82 Å². The van der Waals surface area contributed by atoms with E-state index in [0.717, 1.165) is 11.5 Å². The molecular weight excluding hydrogens is 341 g/mol. The first kappa shape index (κ1) is 13.1. The molecule has 0 radical (unpaired) electrons. The molecule has 0 aliphatic heterocycles. The molecule has 0 saturated carbocycles. The number of nitrogens with zero attached hydrogens (tertiary/aromatic N) is 2. The number of hydrogen-bond donors (Lipinski definition) is 1. The number of nitrogens with one attached hydrogen (secondary N) is 1. The SMILES string of the molecule is Cc1ncc(I)c(=O)n1CCNc1ccccc1. The Morgan fingerprint density at radius 2 is 2.06 bits per heavy atom. The largest absolute Gasteiger partial charge is 0.383 e. The van der Waals surface area contributed by atoms with Gasteiger partial charge in [0.15, 0.2) is 0 Å². The van der Waals surface area contributed by atoms with Crippen LogP contribution in [0.2, 0.25) is 0 Å². The van der Waals surface area contributed by atoms with Gasteiger partial charge in [-0.15, -0.1) is 0 Å². The average Bonchev–Trinajstić information content (AvgIpc) is 2.39. The second-order valence-electron chi connectivity index (χ2n) is 3.90. The van der Waals surface area contributed by atoms with Crippen LogP contribution in [-0.4, -0.2) is 16.1 Å². The fourth-order valence-electron chi connectivity index (χ4n) is 1.68. The summed E-state index contributed by atoms with van der Waals surface area (Å²) in [6.07, 6.45) is 1.61. The summed E-state index contributed by atoms with van der Waals surface area (Å²) in [5, 5.41) is 3.28. The molecule has 2 rings (SSSR count). The molecule has 18 heavy (non-hydrogen) atoms. The zero-order chi connectivity index (χ0) is 13.0. The molecule has 1 N–H and O–H groups in total. The molecule has 94 valence electrons. The lowest BCUT2D eigenvalue weighted by atomic mass is 10.3. The summed E-state index contributed by atoms with van der Waals surface area (Å²) in [7, 11) is 0. The van der Waals surface area contributed by atoms with Crippen molar-refractivity contribution in [2.75, 3.05) is 11.9 Å². The quantitative estimate of drug-likeness (QED) is 0.856. The summed E-state index contributed by atoms with van der Waals surface area (Å²) in [4.78, 5) is 16.1. The van der Waals surface area contributed by atoms with Crippen molar-refractivity contribution in [3.63, 3.8) is 0 Å². The van der Waals surface area contributed by atoms with Crippen molar-refractivity contribution in [1.29, 1.82) is 0 Å². The van der Waals surface area contributed by atoms with Crippen LogP contribution in [0.4, 0.5) is 5.69 Å². The molecule has 1 heterocycles. The highest BCUT2D eigenvalue weighted by Gasteiger charge is 2.04. The smallest absolute Gasteiger partial charge is 0.266 e. The minimum Gasteiger partial charge on any atom is -0.383 e. The van der Waals surface area contributed by atoms with E-state index in [-0.39, 0.29) is 5.56 Å². The van der Waals surface area contributed by atoms with Crippen LogP contribution in [0, 0.1) is 10.5 Å². The van der Waals surface area contributed by atoms with E-state index < -0.39 is 0 Å². The summed E-state index contributed by atoms with van der Waals surface area (Å²) < 4.78 is 2.34. The number of halogens is 1. The Kier molecular flexibility index (Phi) is 4.35. The molecule has 0 fully saturated rings. The predicted molar refractivity (Wildman–Crippen MR) is 80.9 cm³/mol. The zero-order valence-corrected chi connectivity index (χ0v) is 12.2. The highest BCUT2D eigenvalue weighted by molar-refractivity contribution is 14.1. The zero-order valence-electron chi connectivity index (χ0n) is 10.1. The van der Waals surface area contributed by atoms with E-state index in [0.29, 0.717) is 16.7 Å². The first-order valence-corrected chi connectivity index (χ1v) is 6.77. The summed E-state index contributed by atoms with van der Waals surface area (Å²) in [6.45, 7) is 3.16. The van der Waals surface area contributed by atoms with Gasteiger partial charge in [0.05, 0.1) is 3.57 Å². The van der Waals surface area contributed by atoms with Gasteiger partial charge in [-0.05, 0) is 41.6 Å². The van der Waals surface area contributed by atoms with Crippen LogP contribution >= 0.6 is 22.6 Å². The molecule has 0 atom stereocenters. The molecule has 0 bridgehead atoms. The van der Waals surface area contributed by atoms with Crippen LogP contribution in [0.5, 0.6) is 0 Å². The average molecular weight is 355 g/mol. The minimum atomic E-state index is 0.0259. The molecule has 0 spiro atoms. The molecule has 1 aromatic carbocycles. The topological polar surface area (TPSA) is 46.9 Å². The van der Waals surface area contributed by atoms with Crippen molar-refractivity contribution in [1.82, 2.24) is 9.55 Å². The third kappa shape index (κ3) is 3.10. The van der Waals surface area contributed by atoms with Crippen LogP contribution < -0.4 is 10.9 Å². The molecule has 0 aliphatic carbocycles. The van der Waals surface area contributed by atoms with E-state index in [4.69, 9.17) is 0 Å². The number of benzene rings is 1. The van der Waals surface area contributed by atoms with E-state index in [1.807, 2.05) is 59.8 Å². The summed E-state index contributed by atoms with van der Waals surface area (Å²) in [5.41, 5.74) is 1.08. The van der Waals surface area contributed by atoms with Crippen molar-refractivity contribution in [3.05, 3.63) is 56.3 Å².